The number of amidine groups is 1. The normalized spacial score (nSPS) is 17.6. The zero-order chi connectivity index (χ0) is 26.0. The van der Waals surface area contributed by atoms with Gasteiger partial charge in [-0.05, 0) is 35.9 Å². The van der Waals surface area contributed by atoms with E-state index < -0.39 is 0 Å². The van der Waals surface area contributed by atoms with Crippen LogP contribution in [0.25, 0.3) is 34.2 Å². The second kappa shape index (κ2) is 9.91. The van der Waals surface area contributed by atoms with Gasteiger partial charge in [0, 0.05) is 29.1 Å². The average molecular weight is 505 g/mol. The lowest BCUT2D eigenvalue weighted by Gasteiger charge is -2.28. The van der Waals surface area contributed by atoms with Crippen molar-refractivity contribution in [3.63, 3.8) is 0 Å². The number of hydrogen-bond donors (Lipinski definition) is 0. The minimum absolute atomic E-state index is 0.0416. The molecule has 39 heavy (non-hydrogen) atoms. The summed E-state index contributed by atoms with van der Waals surface area (Å²) in [7, 11) is 0. The van der Waals surface area contributed by atoms with Gasteiger partial charge in [-0.3, -0.25) is 9.98 Å². The largest absolute Gasteiger partial charge is 0.323 e. The molecule has 3 aromatic carbocycles. The topological polar surface area (TPSA) is 67.2 Å². The summed E-state index contributed by atoms with van der Waals surface area (Å²) in [4.78, 5) is 26.6. The Kier molecular flexibility index (Phi) is 5.83. The Balaban J connectivity index is 1.34. The molecule has 2 aromatic heterocycles. The third-order valence-electron chi connectivity index (χ3n) is 6.91. The van der Waals surface area contributed by atoms with Crippen LogP contribution in [0.5, 0.6) is 0 Å². The summed E-state index contributed by atoms with van der Waals surface area (Å²) < 4.78 is 0. The van der Waals surface area contributed by atoms with Crippen LogP contribution in [0.3, 0.4) is 0 Å². The third kappa shape index (κ3) is 4.42. The van der Waals surface area contributed by atoms with E-state index in [9.17, 15) is 0 Å². The van der Waals surface area contributed by atoms with Crippen molar-refractivity contribution < 1.29 is 0 Å². The van der Waals surface area contributed by atoms with Crippen molar-refractivity contribution in [1.29, 1.82) is 0 Å². The zero-order valence-electron chi connectivity index (χ0n) is 21.0. The molecule has 4 heterocycles. The molecular weight excluding hydrogens is 480 g/mol. The van der Waals surface area contributed by atoms with Crippen molar-refractivity contribution in [2.45, 2.75) is 12.1 Å². The highest BCUT2D eigenvalue weighted by Gasteiger charge is 2.37. The van der Waals surface area contributed by atoms with Crippen LogP contribution >= 0.6 is 0 Å². The van der Waals surface area contributed by atoms with Crippen LogP contribution in [0.1, 0.15) is 23.3 Å². The molecule has 0 amide bonds. The number of allylic oxidation sites excluding steroid dienone is 2. The summed E-state index contributed by atoms with van der Waals surface area (Å²) >= 11 is 0. The van der Waals surface area contributed by atoms with Crippen LogP contribution in [-0.2, 0) is 0 Å². The number of aliphatic imine (C=N–C) groups is 1. The Bertz CT molecular complexity index is 1650. The lowest BCUT2D eigenvalue weighted by Crippen LogP contribution is -2.26. The van der Waals surface area contributed by atoms with Crippen molar-refractivity contribution in [2.75, 3.05) is 0 Å². The van der Waals surface area contributed by atoms with Gasteiger partial charge in [-0.15, -0.1) is 0 Å². The van der Waals surface area contributed by atoms with Gasteiger partial charge in [-0.2, -0.15) is 0 Å². The van der Waals surface area contributed by atoms with E-state index >= 15 is 0 Å². The van der Waals surface area contributed by atoms with Crippen LogP contribution in [0.4, 0.5) is 0 Å². The molecule has 2 unspecified atom stereocenters. The predicted octanol–water partition coefficient (Wildman–Crippen LogP) is 6.85. The van der Waals surface area contributed by atoms with Crippen LogP contribution in [0, 0.1) is 0 Å². The molecule has 0 spiro atoms. The Morgan fingerprint density at radius 1 is 0.590 bits per heavy atom. The van der Waals surface area contributed by atoms with Crippen molar-refractivity contribution in [3.05, 3.63) is 145 Å². The quantitative estimate of drug-likeness (QED) is 0.262. The molecule has 2 aliphatic heterocycles. The number of rotatable bonds is 5. The van der Waals surface area contributed by atoms with E-state index in [1.807, 2.05) is 103 Å². The molecule has 0 radical (unpaired) electrons. The summed E-state index contributed by atoms with van der Waals surface area (Å²) in [6, 6.07) is 34.3. The number of fused-ring (bicyclic) bond motifs is 1. The fourth-order valence-corrected chi connectivity index (χ4v) is 5.08. The second-order valence-corrected chi connectivity index (χ2v) is 9.40. The number of hydrogen-bond acceptors (Lipinski definition) is 6. The Hall–Kier alpha value is -5.23. The molecule has 6 heteroatoms. The first-order chi connectivity index (χ1) is 19.3. The summed E-state index contributed by atoms with van der Waals surface area (Å²) in [5.41, 5.74) is 4.88. The molecule has 7 rings (SSSR count). The lowest BCUT2D eigenvalue weighted by atomic mass is 9.95. The number of benzene rings is 3. The molecule has 5 aromatic rings. The van der Waals surface area contributed by atoms with E-state index in [0.29, 0.717) is 17.5 Å². The first-order valence-electron chi connectivity index (χ1n) is 12.9. The molecular formula is C33H24N6. The van der Waals surface area contributed by atoms with E-state index in [-0.39, 0.29) is 12.1 Å². The molecule has 0 fully saturated rings. The molecule has 2 aliphatic rings. The highest BCUT2D eigenvalue weighted by molar-refractivity contribution is 5.97. The van der Waals surface area contributed by atoms with E-state index in [2.05, 4.69) is 40.3 Å². The third-order valence-corrected chi connectivity index (χ3v) is 6.91. The van der Waals surface area contributed by atoms with Crippen molar-refractivity contribution in [1.82, 2.24) is 24.8 Å². The fraction of sp³-hybridized carbons (Fsp3) is 0.0606. The van der Waals surface area contributed by atoms with E-state index in [4.69, 9.17) is 19.9 Å². The van der Waals surface area contributed by atoms with Crippen LogP contribution in [-0.4, -0.2) is 30.7 Å². The van der Waals surface area contributed by atoms with E-state index in [0.717, 1.165) is 33.8 Å². The molecule has 0 saturated heterocycles. The van der Waals surface area contributed by atoms with Gasteiger partial charge in [0.25, 0.3) is 0 Å². The molecule has 2 atom stereocenters. The SMILES string of the molecule is C1=CC2=NC(c3ccccn3)C(c3cccc(-c4nc(-c5ccccc5)nc(-c5ccccc5)n4)c3)N2C=C1. The molecule has 0 N–H and O–H groups in total. The molecule has 0 aliphatic carbocycles. The van der Waals surface area contributed by atoms with E-state index in [1.165, 1.54) is 0 Å². The lowest BCUT2D eigenvalue weighted by molar-refractivity contribution is 0.391. The smallest absolute Gasteiger partial charge is 0.164 e. The Morgan fingerprint density at radius 3 is 1.90 bits per heavy atom. The van der Waals surface area contributed by atoms with Gasteiger partial charge in [0.05, 0.1) is 11.7 Å². The van der Waals surface area contributed by atoms with Crippen LogP contribution in [0.15, 0.2) is 139 Å². The highest BCUT2D eigenvalue weighted by atomic mass is 15.3. The van der Waals surface area contributed by atoms with Gasteiger partial charge in [0.1, 0.15) is 11.9 Å². The van der Waals surface area contributed by atoms with Gasteiger partial charge < -0.3 is 4.90 Å². The van der Waals surface area contributed by atoms with Crippen molar-refractivity contribution in [2.24, 2.45) is 4.99 Å². The van der Waals surface area contributed by atoms with Gasteiger partial charge in [-0.25, -0.2) is 15.0 Å². The van der Waals surface area contributed by atoms with Gasteiger partial charge in [0.2, 0.25) is 0 Å². The minimum atomic E-state index is -0.137. The standard InChI is InChI=1S/C33H24N6/c1-3-12-23(13-4-1)31-36-32(24-14-5-2-6-15-24)38-33(37-31)26-17-11-16-25(22-26)30-29(27-18-7-9-20-34-27)35-28-19-8-10-21-39(28)30/h1-22,29-30H. The molecule has 0 saturated carbocycles. The van der Waals surface area contributed by atoms with Crippen molar-refractivity contribution >= 4 is 5.84 Å². The first kappa shape index (κ1) is 22.9. The van der Waals surface area contributed by atoms with Gasteiger partial charge in [-0.1, -0.05) is 91.0 Å². The zero-order valence-corrected chi connectivity index (χ0v) is 21.0. The van der Waals surface area contributed by atoms with E-state index in [1.54, 1.807) is 0 Å². The fourth-order valence-electron chi connectivity index (χ4n) is 5.08. The maximum absolute atomic E-state index is 5.05. The average Bonchev–Trinajstić information content (AvgIpc) is 3.42. The number of nitrogens with zero attached hydrogens (tertiary/aromatic N) is 6. The number of pyridine rings is 1. The second-order valence-electron chi connectivity index (χ2n) is 9.40. The first-order valence-corrected chi connectivity index (χ1v) is 12.9. The molecule has 0 bridgehead atoms. The van der Waals surface area contributed by atoms with Gasteiger partial charge >= 0.3 is 0 Å². The Morgan fingerprint density at radius 2 is 1.23 bits per heavy atom. The monoisotopic (exact) mass is 504 g/mol. The van der Waals surface area contributed by atoms with Crippen LogP contribution < -0.4 is 0 Å². The molecule has 6 nitrogen and oxygen atoms in total. The summed E-state index contributed by atoms with van der Waals surface area (Å²) in [5, 5.41) is 0. The summed E-state index contributed by atoms with van der Waals surface area (Å²) in [5.74, 6) is 2.85. The summed E-state index contributed by atoms with van der Waals surface area (Å²) in [6.07, 6.45) is 10.0. The molecule has 186 valence electrons. The minimum Gasteiger partial charge on any atom is -0.323 e. The highest BCUT2D eigenvalue weighted by Crippen LogP contribution is 2.43. The van der Waals surface area contributed by atoms with Gasteiger partial charge in [0.15, 0.2) is 17.5 Å². The Labute approximate surface area is 226 Å². The van der Waals surface area contributed by atoms with Crippen molar-refractivity contribution in [3.8, 4) is 34.2 Å². The summed E-state index contributed by atoms with van der Waals surface area (Å²) in [6.45, 7) is 0. The maximum atomic E-state index is 5.05. The number of aromatic nitrogens is 4. The maximum Gasteiger partial charge on any atom is 0.164 e. The predicted molar refractivity (Wildman–Crippen MR) is 153 cm³/mol. The van der Waals surface area contributed by atoms with Crippen LogP contribution in [0.2, 0.25) is 0 Å².